The fraction of sp³-hybridized carbons (Fsp3) is 0.200. The molecule has 0 saturated heterocycles. The van der Waals surface area contributed by atoms with E-state index < -0.39 is 0 Å². The zero-order valence-corrected chi connectivity index (χ0v) is 18.1. The Morgan fingerprint density at radius 2 is 1.66 bits per heavy atom. The molecule has 0 unspecified atom stereocenters. The lowest BCUT2D eigenvalue weighted by Crippen LogP contribution is -2.20. The lowest BCUT2D eigenvalue weighted by Gasteiger charge is -2.13. The molecule has 7 nitrogen and oxygen atoms in total. The van der Waals surface area contributed by atoms with Gasteiger partial charge in [-0.05, 0) is 55.5 Å². The topological polar surface area (TPSA) is 74.6 Å². The van der Waals surface area contributed by atoms with Gasteiger partial charge in [-0.25, -0.2) is 4.98 Å². The molecule has 0 atom stereocenters. The van der Waals surface area contributed by atoms with Crippen LogP contribution in [0.1, 0.15) is 12.7 Å². The summed E-state index contributed by atoms with van der Waals surface area (Å²) in [6, 6.07) is 22.4. The van der Waals surface area contributed by atoms with Gasteiger partial charge in [0.1, 0.15) is 24.7 Å². The third-order valence-electron chi connectivity index (χ3n) is 4.91. The van der Waals surface area contributed by atoms with Crippen LogP contribution in [0.4, 0.5) is 5.69 Å². The van der Waals surface area contributed by atoms with Crippen molar-refractivity contribution >= 4 is 22.6 Å². The standard InChI is InChI=1S/C25H25N3O4/c1-3-31-19-14-12-18(13-15-19)26-25(29)16-28-21-9-5-4-8-20(21)27-24(28)17-32-23-11-7-6-10-22(23)30-2/h4-15H,3,16-17H2,1-2H3,(H,26,29). The van der Waals surface area contributed by atoms with Crippen molar-refractivity contribution in [2.75, 3.05) is 19.0 Å². The molecule has 0 aliphatic rings. The number of fused-ring (bicyclic) bond motifs is 1. The number of carbonyl (C=O) groups is 1. The number of hydrogen-bond acceptors (Lipinski definition) is 5. The number of nitrogens with zero attached hydrogens (tertiary/aromatic N) is 2. The number of benzene rings is 3. The summed E-state index contributed by atoms with van der Waals surface area (Å²) in [6.45, 7) is 2.84. The molecule has 0 bridgehead atoms. The molecule has 1 heterocycles. The van der Waals surface area contributed by atoms with E-state index in [1.165, 1.54) is 0 Å². The first kappa shape index (κ1) is 21.2. The summed E-state index contributed by atoms with van der Waals surface area (Å²) < 4.78 is 18.6. The molecular weight excluding hydrogens is 406 g/mol. The van der Waals surface area contributed by atoms with E-state index in [1.54, 1.807) is 7.11 Å². The Bertz CT molecular complexity index is 1200. The van der Waals surface area contributed by atoms with Gasteiger partial charge in [-0.1, -0.05) is 24.3 Å². The lowest BCUT2D eigenvalue weighted by atomic mass is 10.3. The van der Waals surface area contributed by atoms with Crippen LogP contribution in [0.25, 0.3) is 11.0 Å². The highest BCUT2D eigenvalue weighted by molar-refractivity contribution is 5.91. The van der Waals surface area contributed by atoms with Crippen molar-refractivity contribution in [1.29, 1.82) is 0 Å². The maximum atomic E-state index is 12.8. The highest BCUT2D eigenvalue weighted by atomic mass is 16.5. The molecule has 1 aromatic heterocycles. The normalized spacial score (nSPS) is 10.7. The Hall–Kier alpha value is -4.00. The van der Waals surface area contributed by atoms with Crippen molar-refractivity contribution in [3.8, 4) is 17.2 Å². The van der Waals surface area contributed by atoms with Gasteiger partial charge in [0.15, 0.2) is 11.5 Å². The number of carbonyl (C=O) groups excluding carboxylic acids is 1. The van der Waals surface area contributed by atoms with E-state index in [2.05, 4.69) is 10.3 Å². The summed E-state index contributed by atoms with van der Waals surface area (Å²) >= 11 is 0. The van der Waals surface area contributed by atoms with Gasteiger partial charge in [-0.15, -0.1) is 0 Å². The molecule has 0 saturated carbocycles. The molecule has 1 amide bonds. The van der Waals surface area contributed by atoms with Crippen LogP contribution in [-0.2, 0) is 17.9 Å². The average Bonchev–Trinajstić information content (AvgIpc) is 3.16. The fourth-order valence-corrected chi connectivity index (χ4v) is 3.44. The maximum absolute atomic E-state index is 12.8. The van der Waals surface area contributed by atoms with Crippen molar-refractivity contribution in [2.24, 2.45) is 0 Å². The minimum Gasteiger partial charge on any atom is -0.494 e. The van der Waals surface area contributed by atoms with Gasteiger partial charge in [0.2, 0.25) is 5.91 Å². The van der Waals surface area contributed by atoms with Gasteiger partial charge in [0.05, 0.1) is 24.8 Å². The molecule has 1 N–H and O–H groups in total. The number of amides is 1. The van der Waals surface area contributed by atoms with Crippen molar-refractivity contribution < 1.29 is 19.0 Å². The van der Waals surface area contributed by atoms with Crippen LogP contribution in [0.3, 0.4) is 0 Å². The van der Waals surface area contributed by atoms with E-state index in [0.717, 1.165) is 16.8 Å². The summed E-state index contributed by atoms with van der Waals surface area (Å²) in [6.07, 6.45) is 0. The lowest BCUT2D eigenvalue weighted by molar-refractivity contribution is -0.116. The van der Waals surface area contributed by atoms with Crippen LogP contribution < -0.4 is 19.5 Å². The molecule has 7 heteroatoms. The van der Waals surface area contributed by atoms with Crippen molar-refractivity contribution in [3.05, 3.63) is 78.6 Å². The number of methoxy groups -OCH3 is 1. The molecular formula is C25H25N3O4. The van der Waals surface area contributed by atoms with E-state index >= 15 is 0 Å². The molecule has 4 rings (SSSR count). The number of nitrogens with one attached hydrogen (secondary N) is 1. The average molecular weight is 431 g/mol. The van der Waals surface area contributed by atoms with Crippen molar-refractivity contribution in [3.63, 3.8) is 0 Å². The Morgan fingerprint density at radius 3 is 2.41 bits per heavy atom. The van der Waals surface area contributed by atoms with E-state index in [0.29, 0.717) is 29.6 Å². The van der Waals surface area contributed by atoms with Gasteiger partial charge < -0.3 is 24.1 Å². The molecule has 164 valence electrons. The monoisotopic (exact) mass is 431 g/mol. The molecule has 3 aromatic carbocycles. The Labute approximate surface area is 186 Å². The second-order valence-electron chi connectivity index (χ2n) is 7.05. The smallest absolute Gasteiger partial charge is 0.244 e. The highest BCUT2D eigenvalue weighted by Crippen LogP contribution is 2.27. The van der Waals surface area contributed by atoms with Crippen LogP contribution in [-0.4, -0.2) is 29.2 Å². The predicted octanol–water partition coefficient (Wildman–Crippen LogP) is 4.66. The maximum Gasteiger partial charge on any atom is 0.244 e. The SMILES string of the molecule is CCOc1ccc(NC(=O)Cn2c(COc3ccccc3OC)nc3ccccc32)cc1. The fourth-order valence-electron chi connectivity index (χ4n) is 3.44. The summed E-state index contributed by atoms with van der Waals surface area (Å²) in [7, 11) is 1.60. The second kappa shape index (κ2) is 9.87. The Kier molecular flexibility index (Phi) is 6.55. The zero-order valence-electron chi connectivity index (χ0n) is 18.1. The molecule has 0 spiro atoms. The number of aromatic nitrogens is 2. The minimum absolute atomic E-state index is 0.109. The first-order valence-corrected chi connectivity index (χ1v) is 10.4. The first-order chi connectivity index (χ1) is 15.7. The number of hydrogen-bond donors (Lipinski definition) is 1. The molecule has 0 aliphatic heterocycles. The van der Waals surface area contributed by atoms with E-state index in [-0.39, 0.29) is 19.1 Å². The third kappa shape index (κ3) is 4.83. The van der Waals surface area contributed by atoms with Gasteiger partial charge in [0, 0.05) is 5.69 Å². The van der Waals surface area contributed by atoms with Gasteiger partial charge in [-0.2, -0.15) is 0 Å². The number of anilines is 1. The molecule has 32 heavy (non-hydrogen) atoms. The first-order valence-electron chi connectivity index (χ1n) is 10.4. The second-order valence-corrected chi connectivity index (χ2v) is 7.05. The number of ether oxygens (including phenoxy) is 3. The van der Waals surface area contributed by atoms with Crippen molar-refractivity contribution in [1.82, 2.24) is 9.55 Å². The van der Waals surface area contributed by atoms with Gasteiger partial charge >= 0.3 is 0 Å². The molecule has 4 aromatic rings. The zero-order chi connectivity index (χ0) is 22.3. The van der Waals surface area contributed by atoms with E-state index in [4.69, 9.17) is 14.2 Å². The Morgan fingerprint density at radius 1 is 0.938 bits per heavy atom. The third-order valence-corrected chi connectivity index (χ3v) is 4.91. The van der Waals surface area contributed by atoms with Crippen LogP contribution in [0.2, 0.25) is 0 Å². The van der Waals surface area contributed by atoms with Gasteiger partial charge in [-0.3, -0.25) is 4.79 Å². The largest absolute Gasteiger partial charge is 0.494 e. The van der Waals surface area contributed by atoms with Crippen LogP contribution in [0.15, 0.2) is 72.8 Å². The van der Waals surface area contributed by atoms with Crippen LogP contribution >= 0.6 is 0 Å². The predicted molar refractivity (Wildman–Crippen MR) is 123 cm³/mol. The molecule has 0 fully saturated rings. The van der Waals surface area contributed by atoms with E-state index in [9.17, 15) is 4.79 Å². The molecule has 0 aliphatic carbocycles. The van der Waals surface area contributed by atoms with Gasteiger partial charge in [0.25, 0.3) is 0 Å². The van der Waals surface area contributed by atoms with Crippen molar-refractivity contribution in [2.45, 2.75) is 20.1 Å². The summed E-state index contributed by atoms with van der Waals surface area (Å²) in [5.74, 6) is 2.52. The summed E-state index contributed by atoms with van der Waals surface area (Å²) in [5.41, 5.74) is 2.38. The number of rotatable bonds is 9. The Balaban J connectivity index is 1.52. The summed E-state index contributed by atoms with van der Waals surface area (Å²) in [5, 5.41) is 2.93. The highest BCUT2D eigenvalue weighted by Gasteiger charge is 2.15. The number of imidazole rings is 1. The number of para-hydroxylation sites is 4. The van der Waals surface area contributed by atoms with E-state index in [1.807, 2.05) is 84.3 Å². The van der Waals surface area contributed by atoms with Crippen LogP contribution in [0, 0.1) is 0 Å². The quantitative estimate of drug-likeness (QED) is 0.417. The molecule has 0 radical (unpaired) electrons. The summed E-state index contributed by atoms with van der Waals surface area (Å²) in [4.78, 5) is 17.5. The minimum atomic E-state index is -0.157. The van der Waals surface area contributed by atoms with Crippen LogP contribution in [0.5, 0.6) is 17.2 Å².